The van der Waals surface area contributed by atoms with E-state index in [0.29, 0.717) is 31.9 Å². The van der Waals surface area contributed by atoms with Gasteiger partial charge in [-0.2, -0.15) is 0 Å². The van der Waals surface area contributed by atoms with Crippen LogP contribution in [0.4, 0.5) is 20.6 Å². The number of piperazine rings is 1. The van der Waals surface area contributed by atoms with Crippen LogP contribution < -0.4 is 4.90 Å². The van der Waals surface area contributed by atoms with Crippen LogP contribution in [-0.4, -0.2) is 42.8 Å². The highest BCUT2D eigenvalue weighted by Crippen LogP contribution is 2.25. The molecule has 1 aromatic carbocycles. The summed E-state index contributed by atoms with van der Waals surface area (Å²) in [6, 6.07) is 4.46. The van der Waals surface area contributed by atoms with E-state index in [1.165, 1.54) is 6.07 Å². The van der Waals surface area contributed by atoms with Crippen molar-refractivity contribution < 1.29 is 13.9 Å². The molecule has 1 fully saturated rings. The molecule has 0 aliphatic carbocycles. The normalized spacial score (nSPS) is 15.4. The summed E-state index contributed by atoms with van der Waals surface area (Å²) >= 11 is 0. The topological polar surface area (TPSA) is 37.1 Å². The molecule has 2 rings (SSSR count). The minimum atomic E-state index is -0.518. The zero-order valence-electron chi connectivity index (χ0n) is 13.1. The van der Waals surface area contributed by atoms with Gasteiger partial charge in [0.15, 0.2) is 5.69 Å². The predicted octanol–water partition coefficient (Wildman–Crippen LogP) is 3.43. The number of carbonyl (C=O) groups excluding carboxylic acids is 1. The van der Waals surface area contributed by atoms with Crippen LogP contribution in [-0.2, 0) is 4.74 Å². The number of ether oxygens (including phenoxy) is 1. The van der Waals surface area contributed by atoms with Crippen molar-refractivity contribution in [2.45, 2.75) is 26.4 Å². The SMILES string of the molecule is [C-]#[N+]c1ccc(N2CCN(C(=O)OC(C)(C)C)CC2)c(F)c1. The maximum atomic E-state index is 14.0. The summed E-state index contributed by atoms with van der Waals surface area (Å²) < 4.78 is 19.3. The Labute approximate surface area is 130 Å². The lowest BCUT2D eigenvalue weighted by Gasteiger charge is -2.36. The van der Waals surface area contributed by atoms with Gasteiger partial charge in [-0.25, -0.2) is 14.0 Å². The summed E-state index contributed by atoms with van der Waals surface area (Å²) in [5.41, 5.74) is 0.237. The van der Waals surface area contributed by atoms with Crippen LogP contribution in [0, 0.1) is 12.4 Å². The van der Waals surface area contributed by atoms with Crippen molar-refractivity contribution in [2.75, 3.05) is 31.1 Å². The number of anilines is 1. The second-order valence-corrected chi connectivity index (χ2v) is 6.20. The van der Waals surface area contributed by atoms with E-state index in [0.717, 1.165) is 0 Å². The molecule has 0 aromatic heterocycles. The van der Waals surface area contributed by atoms with Crippen LogP contribution in [0.1, 0.15) is 20.8 Å². The Morgan fingerprint density at radius 3 is 2.41 bits per heavy atom. The molecular weight excluding hydrogens is 285 g/mol. The fourth-order valence-corrected chi connectivity index (χ4v) is 2.28. The van der Waals surface area contributed by atoms with Crippen LogP contribution in [0.2, 0.25) is 0 Å². The summed E-state index contributed by atoms with van der Waals surface area (Å²) in [5, 5.41) is 0. The molecule has 1 heterocycles. The van der Waals surface area contributed by atoms with Crippen molar-refractivity contribution in [1.82, 2.24) is 4.90 Å². The Hall–Kier alpha value is -2.29. The summed E-state index contributed by atoms with van der Waals surface area (Å²) in [4.78, 5) is 18.7. The minimum Gasteiger partial charge on any atom is -0.444 e. The number of benzene rings is 1. The molecule has 6 heteroatoms. The van der Waals surface area contributed by atoms with Crippen molar-refractivity contribution in [1.29, 1.82) is 0 Å². The quantitative estimate of drug-likeness (QED) is 0.746. The van der Waals surface area contributed by atoms with Gasteiger partial charge in [0.25, 0.3) is 0 Å². The molecule has 0 radical (unpaired) electrons. The van der Waals surface area contributed by atoms with E-state index in [4.69, 9.17) is 11.3 Å². The molecule has 0 spiro atoms. The first-order valence-electron chi connectivity index (χ1n) is 7.20. The molecule has 1 amide bonds. The first-order valence-corrected chi connectivity index (χ1v) is 7.20. The van der Waals surface area contributed by atoms with E-state index in [9.17, 15) is 9.18 Å². The average molecular weight is 305 g/mol. The van der Waals surface area contributed by atoms with Crippen LogP contribution in [0.15, 0.2) is 18.2 Å². The molecule has 1 aromatic rings. The zero-order chi connectivity index (χ0) is 16.3. The molecule has 5 nitrogen and oxygen atoms in total. The number of halogens is 1. The number of amides is 1. The van der Waals surface area contributed by atoms with E-state index in [1.807, 2.05) is 25.7 Å². The lowest BCUT2D eigenvalue weighted by Crippen LogP contribution is -2.50. The van der Waals surface area contributed by atoms with Crippen LogP contribution in [0.5, 0.6) is 0 Å². The fraction of sp³-hybridized carbons (Fsp3) is 0.500. The van der Waals surface area contributed by atoms with Gasteiger partial charge in [0, 0.05) is 26.2 Å². The first-order chi connectivity index (χ1) is 10.3. The first kappa shape index (κ1) is 16.1. The van der Waals surface area contributed by atoms with Crippen LogP contribution >= 0.6 is 0 Å². The van der Waals surface area contributed by atoms with E-state index in [-0.39, 0.29) is 11.8 Å². The summed E-state index contributed by atoms with van der Waals surface area (Å²) in [6.45, 7) is 14.4. The van der Waals surface area contributed by atoms with Gasteiger partial charge in [-0.1, -0.05) is 6.07 Å². The number of hydrogen-bond acceptors (Lipinski definition) is 3. The van der Waals surface area contributed by atoms with Crippen molar-refractivity contribution in [3.8, 4) is 0 Å². The highest BCUT2D eigenvalue weighted by Gasteiger charge is 2.26. The average Bonchev–Trinajstić information content (AvgIpc) is 2.45. The number of hydrogen-bond donors (Lipinski definition) is 0. The van der Waals surface area contributed by atoms with Gasteiger partial charge in [0.2, 0.25) is 0 Å². The molecular formula is C16H20FN3O2. The Morgan fingerprint density at radius 2 is 1.91 bits per heavy atom. The van der Waals surface area contributed by atoms with Crippen molar-refractivity contribution in [2.24, 2.45) is 0 Å². The van der Waals surface area contributed by atoms with E-state index in [1.54, 1.807) is 17.0 Å². The highest BCUT2D eigenvalue weighted by molar-refractivity contribution is 5.68. The van der Waals surface area contributed by atoms with Crippen LogP contribution in [0.25, 0.3) is 4.85 Å². The summed E-state index contributed by atoms with van der Waals surface area (Å²) in [6.07, 6.45) is -0.337. The zero-order valence-corrected chi connectivity index (χ0v) is 13.1. The third-order valence-corrected chi connectivity index (χ3v) is 3.33. The van der Waals surface area contributed by atoms with Gasteiger partial charge in [0.05, 0.1) is 12.3 Å². The van der Waals surface area contributed by atoms with Gasteiger partial charge < -0.3 is 14.5 Å². The largest absolute Gasteiger partial charge is 0.444 e. The Balaban J connectivity index is 1.98. The number of carbonyl (C=O) groups is 1. The van der Waals surface area contributed by atoms with E-state index >= 15 is 0 Å². The van der Waals surface area contributed by atoms with E-state index < -0.39 is 11.4 Å². The maximum absolute atomic E-state index is 14.0. The van der Waals surface area contributed by atoms with Gasteiger partial charge in [0.1, 0.15) is 11.4 Å². The molecule has 22 heavy (non-hydrogen) atoms. The smallest absolute Gasteiger partial charge is 0.410 e. The Bertz CT molecular complexity index is 596. The van der Waals surface area contributed by atoms with E-state index in [2.05, 4.69) is 4.85 Å². The molecule has 0 N–H and O–H groups in total. The number of nitrogens with zero attached hydrogens (tertiary/aromatic N) is 3. The summed E-state index contributed by atoms with van der Waals surface area (Å²) in [5.74, 6) is -0.404. The van der Waals surface area contributed by atoms with Gasteiger partial charge in [-0.05, 0) is 32.9 Å². The Morgan fingerprint density at radius 1 is 1.27 bits per heavy atom. The maximum Gasteiger partial charge on any atom is 0.410 e. The second-order valence-electron chi connectivity index (χ2n) is 6.20. The molecule has 0 bridgehead atoms. The third kappa shape index (κ3) is 3.88. The lowest BCUT2D eigenvalue weighted by atomic mass is 10.2. The molecule has 1 saturated heterocycles. The van der Waals surface area contributed by atoms with Gasteiger partial charge in [-0.15, -0.1) is 0 Å². The molecule has 0 saturated carbocycles. The summed E-state index contributed by atoms with van der Waals surface area (Å²) in [7, 11) is 0. The van der Waals surface area contributed by atoms with Gasteiger partial charge in [-0.3, -0.25) is 0 Å². The highest BCUT2D eigenvalue weighted by atomic mass is 19.1. The standard InChI is InChI=1S/C16H20FN3O2/c1-16(2,3)22-15(21)20-9-7-19(8-10-20)14-6-5-12(18-4)11-13(14)17/h5-6,11H,7-10H2,1-3H3. The van der Waals surface area contributed by atoms with Crippen molar-refractivity contribution >= 4 is 17.5 Å². The Kier molecular flexibility index (Phi) is 4.55. The molecule has 1 aliphatic heterocycles. The van der Waals surface area contributed by atoms with Gasteiger partial charge >= 0.3 is 6.09 Å². The molecule has 0 unspecified atom stereocenters. The fourth-order valence-electron chi connectivity index (χ4n) is 2.28. The van der Waals surface area contributed by atoms with Crippen molar-refractivity contribution in [3.63, 3.8) is 0 Å². The monoisotopic (exact) mass is 305 g/mol. The van der Waals surface area contributed by atoms with Crippen LogP contribution in [0.3, 0.4) is 0 Å². The van der Waals surface area contributed by atoms with Crippen molar-refractivity contribution in [3.05, 3.63) is 35.4 Å². The third-order valence-electron chi connectivity index (χ3n) is 3.33. The number of rotatable bonds is 1. The lowest BCUT2D eigenvalue weighted by molar-refractivity contribution is 0.0240. The molecule has 1 aliphatic rings. The minimum absolute atomic E-state index is 0.286. The predicted molar refractivity (Wildman–Crippen MR) is 82.7 cm³/mol. The second kappa shape index (κ2) is 6.22. The molecule has 0 atom stereocenters. The molecule has 118 valence electrons.